The van der Waals surface area contributed by atoms with Crippen LogP contribution in [0.15, 0.2) is 72.9 Å². The molecule has 0 bridgehead atoms. The van der Waals surface area contributed by atoms with Gasteiger partial charge in [0.05, 0.1) is 0 Å². The first kappa shape index (κ1) is 14.1. The molecule has 1 aromatic heterocycles. The zero-order chi connectivity index (χ0) is 15.0. The molecule has 110 valence electrons. The normalized spacial score (nSPS) is 10.2. The lowest BCUT2D eigenvalue weighted by atomic mass is 10.2. The largest absolute Gasteiger partial charge is 0.366 e. The van der Waals surface area contributed by atoms with Gasteiger partial charge in [-0.3, -0.25) is 0 Å². The molecule has 3 aromatic rings. The smallest absolute Gasteiger partial charge is 0.224 e. The summed E-state index contributed by atoms with van der Waals surface area (Å²) in [6, 6.07) is 22.3. The minimum atomic E-state index is 0.627. The van der Waals surface area contributed by atoms with Crippen LogP contribution in [0.3, 0.4) is 0 Å². The first-order chi connectivity index (χ1) is 10.9. The van der Waals surface area contributed by atoms with Crippen LogP contribution in [0, 0.1) is 0 Å². The molecule has 1 heterocycles. The van der Waals surface area contributed by atoms with E-state index in [1.165, 1.54) is 11.1 Å². The molecule has 4 nitrogen and oxygen atoms in total. The van der Waals surface area contributed by atoms with Crippen LogP contribution in [0.4, 0.5) is 11.8 Å². The fourth-order valence-electron chi connectivity index (χ4n) is 2.11. The van der Waals surface area contributed by atoms with E-state index in [1.54, 1.807) is 6.20 Å². The monoisotopic (exact) mass is 290 g/mol. The van der Waals surface area contributed by atoms with Crippen LogP contribution in [0.25, 0.3) is 0 Å². The first-order valence-electron chi connectivity index (χ1n) is 7.29. The number of nitrogens with zero attached hydrogens (tertiary/aromatic N) is 2. The second kappa shape index (κ2) is 7.22. The van der Waals surface area contributed by atoms with Gasteiger partial charge in [0.1, 0.15) is 5.82 Å². The van der Waals surface area contributed by atoms with Gasteiger partial charge in [-0.05, 0) is 17.2 Å². The van der Waals surface area contributed by atoms with Gasteiger partial charge < -0.3 is 10.6 Å². The summed E-state index contributed by atoms with van der Waals surface area (Å²) >= 11 is 0. The predicted octanol–water partition coefficient (Wildman–Crippen LogP) is 3.70. The molecule has 0 radical (unpaired) electrons. The third-order valence-corrected chi connectivity index (χ3v) is 3.27. The standard InChI is InChI=1S/C18H18N4/c1-3-7-15(8-4-1)13-20-17-11-12-19-18(22-17)21-14-16-9-5-2-6-10-16/h1-12H,13-14H2,(H2,19,20,21,22). The molecule has 22 heavy (non-hydrogen) atoms. The highest BCUT2D eigenvalue weighted by Gasteiger charge is 1.99. The molecule has 0 aliphatic rings. The lowest BCUT2D eigenvalue weighted by molar-refractivity contribution is 1.03. The molecule has 0 atom stereocenters. The van der Waals surface area contributed by atoms with Crippen LogP contribution >= 0.6 is 0 Å². The summed E-state index contributed by atoms with van der Waals surface area (Å²) in [4.78, 5) is 8.72. The predicted molar refractivity (Wildman–Crippen MR) is 89.6 cm³/mol. The summed E-state index contributed by atoms with van der Waals surface area (Å²) in [6.45, 7) is 1.46. The maximum absolute atomic E-state index is 4.47. The Hall–Kier alpha value is -2.88. The molecule has 0 saturated carbocycles. The number of rotatable bonds is 6. The van der Waals surface area contributed by atoms with Crippen LogP contribution in [0.2, 0.25) is 0 Å². The van der Waals surface area contributed by atoms with E-state index in [0.717, 1.165) is 12.4 Å². The van der Waals surface area contributed by atoms with E-state index in [4.69, 9.17) is 0 Å². The molecule has 2 aromatic carbocycles. The quantitative estimate of drug-likeness (QED) is 0.727. The van der Waals surface area contributed by atoms with Gasteiger partial charge in [0, 0.05) is 19.3 Å². The Kier molecular flexibility index (Phi) is 4.62. The van der Waals surface area contributed by atoms with Crippen LogP contribution in [0.1, 0.15) is 11.1 Å². The summed E-state index contributed by atoms with van der Waals surface area (Å²) in [5.74, 6) is 1.44. The highest BCUT2D eigenvalue weighted by atomic mass is 15.1. The van der Waals surface area contributed by atoms with Crippen molar-refractivity contribution >= 4 is 11.8 Å². The van der Waals surface area contributed by atoms with Gasteiger partial charge >= 0.3 is 0 Å². The van der Waals surface area contributed by atoms with Gasteiger partial charge in [-0.15, -0.1) is 0 Å². The zero-order valence-electron chi connectivity index (χ0n) is 12.2. The van der Waals surface area contributed by atoms with Crippen LogP contribution < -0.4 is 10.6 Å². The Bertz CT molecular complexity index is 640. The van der Waals surface area contributed by atoms with Crippen molar-refractivity contribution in [3.8, 4) is 0 Å². The maximum atomic E-state index is 4.47. The molecule has 0 unspecified atom stereocenters. The molecule has 0 spiro atoms. The third-order valence-electron chi connectivity index (χ3n) is 3.27. The second-order valence-electron chi connectivity index (χ2n) is 4.94. The summed E-state index contributed by atoms with van der Waals surface area (Å²) < 4.78 is 0. The van der Waals surface area contributed by atoms with Crippen molar-refractivity contribution in [2.45, 2.75) is 13.1 Å². The summed E-state index contributed by atoms with van der Waals surface area (Å²) in [7, 11) is 0. The number of hydrogen-bond acceptors (Lipinski definition) is 4. The Morgan fingerprint density at radius 3 is 1.91 bits per heavy atom. The van der Waals surface area contributed by atoms with Crippen LogP contribution in [0.5, 0.6) is 0 Å². The molecular formula is C18H18N4. The zero-order valence-corrected chi connectivity index (χ0v) is 12.2. The maximum Gasteiger partial charge on any atom is 0.224 e. The van der Waals surface area contributed by atoms with E-state index in [0.29, 0.717) is 12.5 Å². The molecule has 0 saturated heterocycles. The molecular weight excluding hydrogens is 272 g/mol. The van der Waals surface area contributed by atoms with Gasteiger partial charge in [0.15, 0.2) is 0 Å². The van der Waals surface area contributed by atoms with E-state index in [1.807, 2.05) is 42.5 Å². The molecule has 0 aliphatic heterocycles. The number of anilines is 2. The van der Waals surface area contributed by atoms with Crippen LogP contribution in [-0.2, 0) is 13.1 Å². The summed E-state index contributed by atoms with van der Waals surface area (Å²) in [5.41, 5.74) is 2.42. The van der Waals surface area contributed by atoms with Crippen molar-refractivity contribution in [2.75, 3.05) is 10.6 Å². The molecule has 2 N–H and O–H groups in total. The second-order valence-corrected chi connectivity index (χ2v) is 4.94. The fraction of sp³-hybridized carbons (Fsp3) is 0.111. The van der Waals surface area contributed by atoms with E-state index in [9.17, 15) is 0 Å². The molecule has 3 rings (SSSR count). The van der Waals surface area contributed by atoms with E-state index in [-0.39, 0.29) is 0 Å². The van der Waals surface area contributed by atoms with E-state index in [2.05, 4.69) is 44.9 Å². The molecule has 0 aliphatic carbocycles. The highest BCUT2D eigenvalue weighted by molar-refractivity contribution is 5.40. The first-order valence-corrected chi connectivity index (χ1v) is 7.29. The van der Waals surface area contributed by atoms with E-state index < -0.39 is 0 Å². The minimum Gasteiger partial charge on any atom is -0.366 e. The van der Waals surface area contributed by atoms with Gasteiger partial charge in [-0.1, -0.05) is 60.7 Å². The number of hydrogen-bond donors (Lipinski definition) is 2. The lowest BCUT2D eigenvalue weighted by Crippen LogP contribution is -2.06. The average Bonchev–Trinajstić information content (AvgIpc) is 2.60. The van der Waals surface area contributed by atoms with Gasteiger partial charge in [0.25, 0.3) is 0 Å². The van der Waals surface area contributed by atoms with Gasteiger partial charge in [0.2, 0.25) is 5.95 Å². The fourth-order valence-corrected chi connectivity index (χ4v) is 2.11. The van der Waals surface area contributed by atoms with Crippen molar-refractivity contribution in [1.82, 2.24) is 9.97 Å². The van der Waals surface area contributed by atoms with Gasteiger partial charge in [-0.25, -0.2) is 4.98 Å². The lowest BCUT2D eigenvalue weighted by Gasteiger charge is -2.08. The highest BCUT2D eigenvalue weighted by Crippen LogP contribution is 2.09. The summed E-state index contributed by atoms with van der Waals surface area (Å²) in [6.07, 6.45) is 1.76. The minimum absolute atomic E-state index is 0.627. The van der Waals surface area contributed by atoms with Crippen molar-refractivity contribution in [1.29, 1.82) is 0 Å². The number of benzene rings is 2. The Balaban J connectivity index is 1.58. The summed E-state index contributed by atoms with van der Waals surface area (Å²) in [5, 5.41) is 6.55. The van der Waals surface area contributed by atoms with Crippen LogP contribution in [-0.4, -0.2) is 9.97 Å². The van der Waals surface area contributed by atoms with Crippen molar-refractivity contribution in [2.24, 2.45) is 0 Å². The average molecular weight is 290 g/mol. The van der Waals surface area contributed by atoms with E-state index >= 15 is 0 Å². The number of aromatic nitrogens is 2. The number of nitrogens with one attached hydrogen (secondary N) is 2. The van der Waals surface area contributed by atoms with Crippen molar-refractivity contribution in [3.63, 3.8) is 0 Å². The SMILES string of the molecule is c1ccc(CNc2ccnc(NCc3ccccc3)n2)cc1. The van der Waals surface area contributed by atoms with Crippen molar-refractivity contribution < 1.29 is 0 Å². The Morgan fingerprint density at radius 2 is 1.27 bits per heavy atom. The Morgan fingerprint density at radius 1 is 0.682 bits per heavy atom. The molecule has 0 amide bonds. The molecule has 0 fully saturated rings. The molecule has 4 heteroatoms. The van der Waals surface area contributed by atoms with Crippen molar-refractivity contribution in [3.05, 3.63) is 84.1 Å². The Labute approximate surface area is 130 Å². The third kappa shape index (κ3) is 4.06. The topological polar surface area (TPSA) is 49.8 Å². The van der Waals surface area contributed by atoms with Gasteiger partial charge in [-0.2, -0.15) is 4.98 Å².